The highest BCUT2D eigenvalue weighted by Gasteiger charge is 2.28. The Balaban J connectivity index is 2.77. The molecule has 0 saturated heterocycles. The van der Waals surface area contributed by atoms with E-state index in [1.54, 1.807) is 12.1 Å². The zero-order valence-corrected chi connectivity index (χ0v) is 11.6. The Morgan fingerprint density at radius 1 is 1.39 bits per heavy atom. The van der Waals surface area contributed by atoms with Crippen LogP contribution in [0.2, 0.25) is 0 Å². The number of hydrogen-bond donors (Lipinski definition) is 0. The van der Waals surface area contributed by atoms with Crippen molar-refractivity contribution in [2.75, 3.05) is 13.6 Å². The summed E-state index contributed by atoms with van der Waals surface area (Å²) in [6.07, 6.45) is -5.25. The van der Waals surface area contributed by atoms with Gasteiger partial charge in [0, 0.05) is 18.1 Å². The number of hydrogen-bond acceptors (Lipinski definition) is 1. The number of carbonyl (C=O) groups excluding carboxylic acids is 1. The first-order chi connectivity index (χ1) is 8.20. The van der Waals surface area contributed by atoms with Crippen molar-refractivity contribution in [3.8, 4) is 0 Å². The van der Waals surface area contributed by atoms with E-state index in [-0.39, 0.29) is 6.54 Å². The Morgan fingerprint density at radius 3 is 2.56 bits per heavy atom. The van der Waals surface area contributed by atoms with Crippen molar-refractivity contribution in [1.82, 2.24) is 4.90 Å². The molecule has 0 aliphatic rings. The van der Waals surface area contributed by atoms with Crippen LogP contribution in [-0.4, -0.2) is 30.6 Å². The topological polar surface area (TPSA) is 20.3 Å². The average molecular weight is 324 g/mol. The smallest absolute Gasteiger partial charge is 0.341 e. The number of aryl methyl sites for hydroxylation is 1. The van der Waals surface area contributed by atoms with Crippen molar-refractivity contribution in [2.45, 2.75) is 19.5 Å². The summed E-state index contributed by atoms with van der Waals surface area (Å²) in [4.78, 5) is 13.0. The quantitative estimate of drug-likeness (QED) is 0.829. The molecule has 0 spiro atoms. The van der Waals surface area contributed by atoms with Gasteiger partial charge in [0.1, 0.15) is 0 Å². The minimum absolute atomic E-state index is 0.345. The molecule has 2 nitrogen and oxygen atoms in total. The van der Waals surface area contributed by atoms with Crippen molar-refractivity contribution < 1.29 is 18.0 Å². The number of carbonyl (C=O) groups is 1. The van der Waals surface area contributed by atoms with Gasteiger partial charge in [-0.3, -0.25) is 4.79 Å². The Labute approximate surface area is 112 Å². The van der Waals surface area contributed by atoms with E-state index in [2.05, 4.69) is 15.9 Å². The lowest BCUT2D eigenvalue weighted by molar-refractivity contribution is -0.136. The van der Waals surface area contributed by atoms with Gasteiger partial charge in [-0.1, -0.05) is 11.6 Å². The maximum atomic E-state index is 12.1. The summed E-state index contributed by atoms with van der Waals surface area (Å²) in [7, 11) is 1.36. The number of rotatable bonds is 3. The zero-order valence-electron chi connectivity index (χ0n) is 10.0. The molecule has 0 N–H and O–H groups in total. The predicted octanol–water partition coefficient (Wildman–Crippen LogP) is 3.78. The molecule has 1 amide bonds. The van der Waals surface area contributed by atoms with Crippen molar-refractivity contribution >= 4 is 21.8 Å². The third-order valence-electron chi connectivity index (χ3n) is 2.43. The first-order valence-corrected chi connectivity index (χ1v) is 6.08. The molecule has 0 aliphatic carbocycles. The molecule has 0 radical (unpaired) electrons. The molecular weight excluding hydrogens is 311 g/mol. The van der Waals surface area contributed by atoms with E-state index in [0.29, 0.717) is 10.0 Å². The van der Waals surface area contributed by atoms with Gasteiger partial charge in [-0.05, 0) is 35.0 Å². The lowest BCUT2D eigenvalue weighted by atomic mass is 10.1. The molecule has 0 bridgehead atoms. The molecule has 1 aromatic carbocycles. The minimum Gasteiger partial charge on any atom is -0.341 e. The molecule has 0 unspecified atom stereocenters. The summed E-state index contributed by atoms with van der Waals surface area (Å²) < 4.78 is 36.8. The summed E-state index contributed by atoms with van der Waals surface area (Å²) in [5.41, 5.74) is 1.26. The molecule has 1 aromatic rings. The standard InChI is InChI=1S/C12H13BrF3NO/c1-8-3-4-10(13)9(7-8)11(18)17(2)6-5-12(14,15)16/h3-4,7H,5-6H2,1-2H3. The molecule has 0 aliphatic heterocycles. The number of amides is 1. The summed E-state index contributed by atoms with van der Waals surface area (Å²) in [5.74, 6) is -0.421. The Morgan fingerprint density at radius 2 is 2.00 bits per heavy atom. The van der Waals surface area contributed by atoms with E-state index >= 15 is 0 Å². The van der Waals surface area contributed by atoms with Gasteiger partial charge in [-0.25, -0.2) is 0 Å². The molecule has 0 atom stereocenters. The van der Waals surface area contributed by atoms with E-state index in [4.69, 9.17) is 0 Å². The summed E-state index contributed by atoms with van der Waals surface area (Å²) in [5, 5.41) is 0. The van der Waals surface area contributed by atoms with E-state index in [9.17, 15) is 18.0 Å². The Kier molecular flexibility index (Phi) is 4.78. The van der Waals surface area contributed by atoms with Gasteiger partial charge in [0.25, 0.3) is 5.91 Å². The third-order valence-corrected chi connectivity index (χ3v) is 3.12. The molecule has 100 valence electrons. The van der Waals surface area contributed by atoms with Crippen LogP contribution in [0.3, 0.4) is 0 Å². The van der Waals surface area contributed by atoms with Gasteiger partial charge < -0.3 is 4.90 Å². The third kappa shape index (κ3) is 4.33. The monoisotopic (exact) mass is 323 g/mol. The maximum absolute atomic E-state index is 12.1. The highest BCUT2D eigenvalue weighted by molar-refractivity contribution is 9.10. The van der Waals surface area contributed by atoms with Crippen molar-refractivity contribution in [3.63, 3.8) is 0 Å². The first kappa shape index (κ1) is 15.0. The van der Waals surface area contributed by atoms with Crippen LogP contribution < -0.4 is 0 Å². The van der Waals surface area contributed by atoms with Gasteiger partial charge in [0.05, 0.1) is 12.0 Å². The molecule has 0 saturated carbocycles. The SMILES string of the molecule is Cc1ccc(Br)c(C(=O)N(C)CCC(F)(F)F)c1. The van der Waals surface area contributed by atoms with Crippen LogP contribution in [0.15, 0.2) is 22.7 Å². The van der Waals surface area contributed by atoms with E-state index in [1.807, 2.05) is 13.0 Å². The number of benzene rings is 1. The van der Waals surface area contributed by atoms with Gasteiger partial charge >= 0.3 is 6.18 Å². The van der Waals surface area contributed by atoms with Gasteiger partial charge in [0.15, 0.2) is 0 Å². The Hall–Kier alpha value is -1.04. The van der Waals surface area contributed by atoms with Crippen LogP contribution in [0, 0.1) is 6.92 Å². The second-order valence-electron chi connectivity index (χ2n) is 4.08. The molecule has 6 heteroatoms. The normalized spacial score (nSPS) is 11.4. The van der Waals surface area contributed by atoms with Crippen LogP contribution in [0.4, 0.5) is 13.2 Å². The van der Waals surface area contributed by atoms with Crippen molar-refractivity contribution in [3.05, 3.63) is 33.8 Å². The van der Waals surface area contributed by atoms with Crippen LogP contribution >= 0.6 is 15.9 Å². The fourth-order valence-electron chi connectivity index (χ4n) is 1.40. The number of nitrogens with zero attached hydrogens (tertiary/aromatic N) is 1. The summed E-state index contributed by atoms with van der Waals surface area (Å²) in [6.45, 7) is 1.47. The molecule has 1 rings (SSSR count). The van der Waals surface area contributed by atoms with Gasteiger partial charge in [0.2, 0.25) is 0 Å². The van der Waals surface area contributed by atoms with Crippen molar-refractivity contribution in [1.29, 1.82) is 0 Å². The largest absolute Gasteiger partial charge is 0.390 e. The van der Waals surface area contributed by atoms with E-state index in [1.165, 1.54) is 7.05 Å². The second-order valence-corrected chi connectivity index (χ2v) is 4.93. The molecular formula is C12H13BrF3NO. The molecule has 0 heterocycles. The fourth-order valence-corrected chi connectivity index (χ4v) is 1.82. The highest BCUT2D eigenvalue weighted by Crippen LogP contribution is 2.22. The predicted molar refractivity (Wildman–Crippen MR) is 66.5 cm³/mol. The van der Waals surface area contributed by atoms with Crippen LogP contribution in [0.5, 0.6) is 0 Å². The van der Waals surface area contributed by atoms with Crippen LogP contribution in [0.1, 0.15) is 22.3 Å². The van der Waals surface area contributed by atoms with E-state index in [0.717, 1.165) is 10.5 Å². The molecule has 0 aromatic heterocycles. The maximum Gasteiger partial charge on any atom is 0.390 e. The average Bonchev–Trinajstić information content (AvgIpc) is 2.27. The van der Waals surface area contributed by atoms with Crippen LogP contribution in [-0.2, 0) is 0 Å². The van der Waals surface area contributed by atoms with Gasteiger partial charge in [-0.15, -0.1) is 0 Å². The zero-order chi connectivity index (χ0) is 13.9. The first-order valence-electron chi connectivity index (χ1n) is 5.29. The lowest BCUT2D eigenvalue weighted by Crippen LogP contribution is -2.30. The van der Waals surface area contributed by atoms with Crippen molar-refractivity contribution in [2.24, 2.45) is 0 Å². The molecule has 18 heavy (non-hydrogen) atoms. The number of alkyl halides is 3. The minimum atomic E-state index is -4.25. The summed E-state index contributed by atoms with van der Waals surface area (Å²) in [6, 6.07) is 5.17. The van der Waals surface area contributed by atoms with E-state index < -0.39 is 18.5 Å². The Bertz CT molecular complexity index is 445. The summed E-state index contributed by atoms with van der Waals surface area (Å²) >= 11 is 3.22. The second kappa shape index (κ2) is 5.73. The van der Waals surface area contributed by atoms with Crippen LogP contribution in [0.25, 0.3) is 0 Å². The molecule has 0 fully saturated rings. The number of halogens is 4. The van der Waals surface area contributed by atoms with Gasteiger partial charge in [-0.2, -0.15) is 13.2 Å². The highest BCUT2D eigenvalue weighted by atomic mass is 79.9. The fraction of sp³-hybridized carbons (Fsp3) is 0.417. The lowest BCUT2D eigenvalue weighted by Gasteiger charge is -2.19.